The fourth-order valence-corrected chi connectivity index (χ4v) is 1.20. The normalized spacial score (nSPS) is 12.1. The molecule has 0 aromatic heterocycles. The number of carbonyl (C=O) groups is 1. The van der Waals surface area contributed by atoms with Gasteiger partial charge in [-0.25, -0.2) is 0 Å². The van der Waals surface area contributed by atoms with Gasteiger partial charge < -0.3 is 4.74 Å². The summed E-state index contributed by atoms with van der Waals surface area (Å²) in [4.78, 5) is 11.3. The smallest absolute Gasteiger partial charge is 0.319 e. The van der Waals surface area contributed by atoms with Gasteiger partial charge in [-0.05, 0) is 18.7 Å². The van der Waals surface area contributed by atoms with E-state index in [4.69, 9.17) is 4.74 Å². The predicted molar refractivity (Wildman–Crippen MR) is 59.2 cm³/mol. The van der Waals surface area contributed by atoms with Crippen LogP contribution in [0.2, 0.25) is 0 Å². The minimum Gasteiger partial charge on any atom is -0.460 e. The summed E-state index contributed by atoms with van der Waals surface area (Å²) >= 11 is 1.49. The molecule has 0 bridgehead atoms. The fraction of sp³-hybridized carbons (Fsp3) is 0.364. The molecule has 0 N–H and O–H groups in total. The highest BCUT2D eigenvalue weighted by Crippen LogP contribution is 2.09. The van der Waals surface area contributed by atoms with E-state index in [-0.39, 0.29) is 11.2 Å². The van der Waals surface area contributed by atoms with Crippen LogP contribution >= 0.6 is 11.8 Å². The zero-order chi connectivity index (χ0) is 10.4. The molecular weight excluding hydrogens is 196 g/mol. The van der Waals surface area contributed by atoms with E-state index in [0.29, 0.717) is 6.61 Å². The first-order valence-corrected chi connectivity index (χ1v) is 5.76. The molecule has 1 unspecified atom stereocenters. The molecule has 0 saturated carbocycles. The first kappa shape index (κ1) is 11.1. The van der Waals surface area contributed by atoms with Gasteiger partial charge in [0.2, 0.25) is 0 Å². The molecule has 0 radical (unpaired) electrons. The lowest BCUT2D eigenvalue weighted by atomic mass is 10.2. The second kappa shape index (κ2) is 5.70. The maximum atomic E-state index is 11.3. The molecule has 0 aliphatic carbocycles. The van der Waals surface area contributed by atoms with Gasteiger partial charge >= 0.3 is 5.97 Å². The van der Waals surface area contributed by atoms with Crippen LogP contribution in [0.25, 0.3) is 0 Å². The third kappa shape index (κ3) is 3.42. The summed E-state index contributed by atoms with van der Waals surface area (Å²) < 4.78 is 5.12. The van der Waals surface area contributed by atoms with Gasteiger partial charge in [-0.15, -0.1) is 0 Å². The first-order valence-electron chi connectivity index (χ1n) is 4.47. The lowest BCUT2D eigenvalue weighted by Crippen LogP contribution is -2.16. The average Bonchev–Trinajstić information content (AvgIpc) is 2.26. The summed E-state index contributed by atoms with van der Waals surface area (Å²) in [5.41, 5.74) is 1.02. The van der Waals surface area contributed by atoms with Crippen LogP contribution in [0.3, 0.4) is 0 Å². The largest absolute Gasteiger partial charge is 0.460 e. The fourth-order valence-electron chi connectivity index (χ4n) is 0.942. The molecule has 0 amide bonds. The van der Waals surface area contributed by atoms with Gasteiger partial charge in [-0.2, -0.15) is 11.8 Å². The molecular formula is C11H14O2S. The average molecular weight is 210 g/mol. The molecule has 1 aromatic carbocycles. The molecule has 14 heavy (non-hydrogen) atoms. The third-order valence-corrected chi connectivity index (χ3v) is 2.81. The van der Waals surface area contributed by atoms with E-state index >= 15 is 0 Å². The minimum atomic E-state index is -0.152. The van der Waals surface area contributed by atoms with Crippen LogP contribution in [0.15, 0.2) is 30.3 Å². The highest BCUT2D eigenvalue weighted by atomic mass is 32.2. The van der Waals surface area contributed by atoms with Crippen LogP contribution in [0.4, 0.5) is 0 Å². The van der Waals surface area contributed by atoms with Crippen molar-refractivity contribution in [3.63, 3.8) is 0 Å². The Bertz CT molecular complexity index is 285. The molecule has 76 valence electrons. The maximum Gasteiger partial charge on any atom is 0.319 e. The lowest BCUT2D eigenvalue weighted by Gasteiger charge is -2.08. The standard InChI is InChI=1S/C11H14O2S/c1-9(14-2)11(12)13-8-10-6-4-3-5-7-10/h3-7,9H,8H2,1-2H3. The monoisotopic (exact) mass is 210 g/mol. The molecule has 3 heteroatoms. The Balaban J connectivity index is 2.38. The SMILES string of the molecule is CSC(C)C(=O)OCc1ccccc1. The van der Waals surface area contributed by atoms with Gasteiger partial charge in [-0.1, -0.05) is 30.3 Å². The number of esters is 1. The van der Waals surface area contributed by atoms with Crippen LogP contribution in [0.1, 0.15) is 12.5 Å². The van der Waals surface area contributed by atoms with E-state index in [1.165, 1.54) is 11.8 Å². The van der Waals surface area contributed by atoms with Gasteiger partial charge in [-0.3, -0.25) is 4.79 Å². The van der Waals surface area contributed by atoms with Gasteiger partial charge in [0.05, 0.1) is 5.25 Å². The van der Waals surface area contributed by atoms with Crippen molar-refractivity contribution in [3.8, 4) is 0 Å². The Kier molecular flexibility index (Phi) is 4.53. The van der Waals surface area contributed by atoms with E-state index in [0.717, 1.165) is 5.56 Å². The van der Waals surface area contributed by atoms with Crippen molar-refractivity contribution < 1.29 is 9.53 Å². The zero-order valence-corrected chi connectivity index (χ0v) is 9.21. The third-order valence-electron chi connectivity index (χ3n) is 1.91. The van der Waals surface area contributed by atoms with E-state index < -0.39 is 0 Å². The summed E-state index contributed by atoms with van der Waals surface area (Å²) in [6, 6.07) is 9.69. The number of hydrogen-bond donors (Lipinski definition) is 0. The molecule has 0 heterocycles. The summed E-state index contributed by atoms with van der Waals surface area (Å²) in [6.07, 6.45) is 1.90. The topological polar surface area (TPSA) is 26.3 Å². The lowest BCUT2D eigenvalue weighted by molar-refractivity contribution is -0.143. The number of hydrogen-bond acceptors (Lipinski definition) is 3. The van der Waals surface area contributed by atoms with Crippen molar-refractivity contribution in [3.05, 3.63) is 35.9 Å². The second-order valence-electron chi connectivity index (χ2n) is 2.97. The number of carbonyl (C=O) groups excluding carboxylic acids is 1. The Labute approximate surface area is 88.7 Å². The van der Waals surface area contributed by atoms with Gasteiger partial charge in [0, 0.05) is 0 Å². The maximum absolute atomic E-state index is 11.3. The van der Waals surface area contributed by atoms with Crippen molar-refractivity contribution in [2.75, 3.05) is 6.26 Å². The number of benzene rings is 1. The van der Waals surface area contributed by atoms with Crippen molar-refractivity contribution in [1.29, 1.82) is 0 Å². The molecule has 0 saturated heterocycles. The van der Waals surface area contributed by atoms with Gasteiger partial charge in [0.25, 0.3) is 0 Å². The van der Waals surface area contributed by atoms with E-state index in [1.54, 1.807) is 0 Å². The van der Waals surface area contributed by atoms with Crippen LogP contribution in [-0.4, -0.2) is 17.5 Å². The Morgan fingerprint density at radius 1 is 1.43 bits per heavy atom. The Morgan fingerprint density at radius 2 is 2.07 bits per heavy atom. The van der Waals surface area contributed by atoms with Crippen LogP contribution in [0.5, 0.6) is 0 Å². The van der Waals surface area contributed by atoms with E-state index in [9.17, 15) is 4.79 Å². The molecule has 0 aliphatic rings. The summed E-state index contributed by atoms with van der Waals surface area (Å²) in [7, 11) is 0. The van der Waals surface area contributed by atoms with Crippen molar-refractivity contribution in [2.24, 2.45) is 0 Å². The van der Waals surface area contributed by atoms with Crippen LogP contribution in [-0.2, 0) is 16.1 Å². The minimum absolute atomic E-state index is 0.0845. The van der Waals surface area contributed by atoms with Crippen molar-refractivity contribution >= 4 is 17.7 Å². The number of rotatable bonds is 4. The predicted octanol–water partition coefficient (Wildman–Crippen LogP) is 2.48. The Hall–Kier alpha value is -0.960. The number of ether oxygens (including phenoxy) is 1. The molecule has 0 spiro atoms. The summed E-state index contributed by atoms with van der Waals surface area (Å²) in [6.45, 7) is 2.21. The zero-order valence-electron chi connectivity index (χ0n) is 8.40. The molecule has 0 aliphatic heterocycles. The summed E-state index contributed by atoms with van der Waals surface area (Å²) in [5, 5.41) is -0.0845. The molecule has 1 atom stereocenters. The van der Waals surface area contributed by atoms with E-state index in [1.807, 2.05) is 43.5 Å². The van der Waals surface area contributed by atoms with Gasteiger partial charge in [0.15, 0.2) is 0 Å². The summed E-state index contributed by atoms with van der Waals surface area (Å²) in [5.74, 6) is -0.152. The second-order valence-corrected chi connectivity index (χ2v) is 4.15. The molecule has 0 fully saturated rings. The molecule has 1 aromatic rings. The highest BCUT2D eigenvalue weighted by molar-refractivity contribution is 7.99. The number of thioether (sulfide) groups is 1. The molecule has 1 rings (SSSR count). The van der Waals surface area contributed by atoms with Crippen molar-refractivity contribution in [1.82, 2.24) is 0 Å². The quantitative estimate of drug-likeness (QED) is 0.714. The first-order chi connectivity index (χ1) is 6.74. The van der Waals surface area contributed by atoms with E-state index in [2.05, 4.69) is 0 Å². The van der Waals surface area contributed by atoms with Crippen LogP contribution < -0.4 is 0 Å². The highest BCUT2D eigenvalue weighted by Gasteiger charge is 2.11. The van der Waals surface area contributed by atoms with Crippen LogP contribution in [0, 0.1) is 0 Å². The Morgan fingerprint density at radius 3 is 2.64 bits per heavy atom. The van der Waals surface area contributed by atoms with Gasteiger partial charge in [0.1, 0.15) is 6.61 Å². The van der Waals surface area contributed by atoms with Crippen molar-refractivity contribution in [2.45, 2.75) is 18.8 Å². The molecule has 2 nitrogen and oxygen atoms in total.